The Morgan fingerprint density at radius 3 is 2.58 bits per heavy atom. The number of hydrogen-bond donors (Lipinski definition) is 0. The van der Waals surface area contributed by atoms with Crippen LogP contribution in [0.15, 0.2) is 15.9 Å². The Hall–Kier alpha value is -0.880. The highest BCUT2D eigenvalue weighted by molar-refractivity contribution is 9.11. The molecule has 0 spiro atoms. The third-order valence-electron chi connectivity index (χ3n) is 2.47. The maximum atomic E-state index is 12.4. The van der Waals surface area contributed by atoms with Gasteiger partial charge in [0.1, 0.15) is 0 Å². The summed E-state index contributed by atoms with van der Waals surface area (Å²) in [6, 6.07) is 3.65. The lowest BCUT2D eigenvalue weighted by Crippen LogP contribution is -2.35. The molecule has 4 nitrogen and oxygen atoms in total. The van der Waals surface area contributed by atoms with Crippen molar-refractivity contribution in [3.8, 4) is 0 Å². The highest BCUT2D eigenvalue weighted by Crippen LogP contribution is 2.23. The van der Waals surface area contributed by atoms with Crippen LogP contribution < -0.4 is 0 Å². The number of halogens is 1. The lowest BCUT2D eigenvalue weighted by Gasteiger charge is -2.23. The molecule has 1 aromatic rings. The molecule has 0 N–H and O–H groups in total. The summed E-state index contributed by atoms with van der Waals surface area (Å²) in [5.74, 6) is 0.0206. The van der Waals surface area contributed by atoms with Gasteiger partial charge in [-0.25, -0.2) is 0 Å². The number of hydrogen-bond acceptors (Lipinski definition) is 4. The highest BCUT2D eigenvalue weighted by Gasteiger charge is 2.19. The van der Waals surface area contributed by atoms with E-state index in [1.165, 1.54) is 18.4 Å². The van der Waals surface area contributed by atoms with Crippen LogP contribution in [0.2, 0.25) is 0 Å². The first-order valence-electron chi connectivity index (χ1n) is 6.05. The van der Waals surface area contributed by atoms with Crippen LogP contribution in [0, 0.1) is 5.92 Å². The fourth-order valence-electron chi connectivity index (χ4n) is 1.63. The van der Waals surface area contributed by atoms with Crippen LogP contribution >= 0.6 is 27.3 Å². The van der Waals surface area contributed by atoms with E-state index in [2.05, 4.69) is 20.7 Å². The third-order valence-corrected chi connectivity index (χ3v) is 4.08. The molecule has 0 aliphatic carbocycles. The molecule has 0 bridgehead atoms. The van der Waals surface area contributed by atoms with Crippen LogP contribution in [-0.4, -0.2) is 37.0 Å². The molecule has 0 atom stereocenters. The minimum Gasteiger partial charge on any atom is -0.469 e. The number of rotatable bonds is 6. The third kappa shape index (κ3) is 5.32. The van der Waals surface area contributed by atoms with Gasteiger partial charge in [-0.3, -0.25) is 9.59 Å². The Balaban J connectivity index is 2.72. The molecule has 1 aromatic heterocycles. The van der Waals surface area contributed by atoms with Crippen LogP contribution in [0.1, 0.15) is 29.9 Å². The predicted octanol–water partition coefficient (Wildman–Crippen LogP) is 3.17. The topological polar surface area (TPSA) is 46.6 Å². The van der Waals surface area contributed by atoms with Gasteiger partial charge in [0.15, 0.2) is 0 Å². The minimum absolute atomic E-state index is 0.0340. The van der Waals surface area contributed by atoms with E-state index in [4.69, 9.17) is 0 Å². The van der Waals surface area contributed by atoms with Crippen molar-refractivity contribution in [1.29, 1.82) is 0 Å². The van der Waals surface area contributed by atoms with Gasteiger partial charge in [-0.1, -0.05) is 13.8 Å². The summed E-state index contributed by atoms with van der Waals surface area (Å²) in [5, 5.41) is 0. The lowest BCUT2D eigenvalue weighted by atomic mass is 10.2. The van der Waals surface area contributed by atoms with Gasteiger partial charge in [-0.15, -0.1) is 11.3 Å². The number of amides is 1. The summed E-state index contributed by atoms with van der Waals surface area (Å²) < 4.78 is 5.54. The highest BCUT2D eigenvalue weighted by atomic mass is 79.9. The van der Waals surface area contributed by atoms with Crippen LogP contribution in [0.4, 0.5) is 0 Å². The number of ether oxygens (including phenoxy) is 1. The number of carbonyl (C=O) groups is 2. The Bertz CT molecular complexity index is 445. The van der Waals surface area contributed by atoms with Crippen molar-refractivity contribution >= 4 is 39.1 Å². The summed E-state index contributed by atoms with van der Waals surface area (Å²) in [6.07, 6.45) is 0.224. The first kappa shape index (κ1) is 16.2. The standard InChI is InChI=1S/C13H18BrNO3S/c1-9(2)8-15(7-6-12(16)18-3)13(17)10-4-5-11(14)19-10/h4-5,9H,6-8H2,1-3H3. The summed E-state index contributed by atoms with van der Waals surface area (Å²) in [4.78, 5) is 25.9. The second-order valence-electron chi connectivity index (χ2n) is 4.57. The van der Waals surface area contributed by atoms with E-state index in [0.717, 1.165) is 3.79 Å². The SMILES string of the molecule is COC(=O)CCN(CC(C)C)C(=O)c1ccc(Br)s1. The van der Waals surface area contributed by atoms with Gasteiger partial charge >= 0.3 is 5.97 Å². The summed E-state index contributed by atoms with van der Waals surface area (Å²) in [5.41, 5.74) is 0. The van der Waals surface area contributed by atoms with Crippen molar-refractivity contribution in [2.75, 3.05) is 20.2 Å². The molecular formula is C13H18BrNO3S. The summed E-state index contributed by atoms with van der Waals surface area (Å²) in [6.45, 7) is 5.11. The Morgan fingerprint density at radius 2 is 2.11 bits per heavy atom. The smallest absolute Gasteiger partial charge is 0.307 e. The van der Waals surface area contributed by atoms with E-state index in [0.29, 0.717) is 23.9 Å². The van der Waals surface area contributed by atoms with Crippen molar-refractivity contribution in [2.24, 2.45) is 5.92 Å². The van der Waals surface area contributed by atoms with Crippen molar-refractivity contribution in [3.05, 3.63) is 20.8 Å². The molecule has 1 amide bonds. The van der Waals surface area contributed by atoms with Gasteiger partial charge in [0.25, 0.3) is 5.91 Å². The fourth-order valence-corrected chi connectivity index (χ4v) is 2.98. The Morgan fingerprint density at radius 1 is 1.42 bits per heavy atom. The largest absolute Gasteiger partial charge is 0.469 e. The number of methoxy groups -OCH3 is 1. The van der Waals surface area contributed by atoms with Crippen molar-refractivity contribution in [1.82, 2.24) is 4.90 Å². The first-order valence-corrected chi connectivity index (χ1v) is 7.66. The molecule has 0 aromatic carbocycles. The van der Waals surface area contributed by atoms with E-state index in [9.17, 15) is 9.59 Å². The molecule has 0 saturated heterocycles. The van der Waals surface area contributed by atoms with Gasteiger partial charge in [0.05, 0.1) is 22.2 Å². The van der Waals surface area contributed by atoms with Gasteiger partial charge in [0, 0.05) is 13.1 Å². The zero-order valence-electron chi connectivity index (χ0n) is 11.3. The molecule has 106 valence electrons. The van der Waals surface area contributed by atoms with Crippen LogP contribution in [0.3, 0.4) is 0 Å². The lowest BCUT2D eigenvalue weighted by molar-refractivity contribution is -0.140. The van der Waals surface area contributed by atoms with Crippen molar-refractivity contribution in [2.45, 2.75) is 20.3 Å². The predicted molar refractivity (Wildman–Crippen MR) is 79.4 cm³/mol. The van der Waals surface area contributed by atoms with E-state index in [-0.39, 0.29) is 18.3 Å². The van der Waals surface area contributed by atoms with Gasteiger partial charge in [-0.2, -0.15) is 0 Å². The van der Waals surface area contributed by atoms with Crippen molar-refractivity contribution < 1.29 is 14.3 Å². The fraction of sp³-hybridized carbons (Fsp3) is 0.538. The second-order valence-corrected chi connectivity index (χ2v) is 7.04. The Kier molecular flexibility index (Phi) is 6.51. The van der Waals surface area contributed by atoms with Crippen molar-refractivity contribution in [3.63, 3.8) is 0 Å². The number of thiophene rings is 1. The summed E-state index contributed by atoms with van der Waals surface area (Å²) >= 11 is 4.75. The average molecular weight is 348 g/mol. The quantitative estimate of drug-likeness (QED) is 0.742. The zero-order valence-corrected chi connectivity index (χ0v) is 13.7. The van der Waals surface area contributed by atoms with Gasteiger partial charge in [0.2, 0.25) is 0 Å². The molecular weight excluding hydrogens is 330 g/mol. The molecule has 0 aliphatic rings. The van der Waals surface area contributed by atoms with Gasteiger partial charge in [-0.05, 0) is 34.0 Å². The van der Waals surface area contributed by atoms with Gasteiger partial charge < -0.3 is 9.64 Å². The van der Waals surface area contributed by atoms with E-state index in [1.807, 2.05) is 19.9 Å². The molecule has 6 heteroatoms. The summed E-state index contributed by atoms with van der Waals surface area (Å²) in [7, 11) is 1.35. The first-order chi connectivity index (χ1) is 8.93. The molecule has 19 heavy (non-hydrogen) atoms. The monoisotopic (exact) mass is 347 g/mol. The molecule has 1 heterocycles. The molecule has 0 radical (unpaired) electrons. The van der Waals surface area contributed by atoms with Crippen LogP contribution in [0.25, 0.3) is 0 Å². The van der Waals surface area contributed by atoms with E-state index in [1.54, 1.807) is 11.0 Å². The molecule has 1 rings (SSSR count). The van der Waals surface area contributed by atoms with E-state index >= 15 is 0 Å². The van der Waals surface area contributed by atoms with Crippen LogP contribution in [0.5, 0.6) is 0 Å². The molecule has 0 saturated carbocycles. The zero-order chi connectivity index (χ0) is 14.4. The number of esters is 1. The number of carbonyl (C=O) groups excluding carboxylic acids is 2. The normalized spacial score (nSPS) is 10.6. The molecule has 0 unspecified atom stereocenters. The van der Waals surface area contributed by atoms with E-state index < -0.39 is 0 Å². The minimum atomic E-state index is -0.297. The molecule has 0 fully saturated rings. The maximum absolute atomic E-state index is 12.4. The second kappa shape index (κ2) is 7.65. The Labute approximate surface area is 125 Å². The maximum Gasteiger partial charge on any atom is 0.307 e. The van der Waals surface area contributed by atoms with Crippen LogP contribution in [-0.2, 0) is 9.53 Å². The molecule has 0 aliphatic heterocycles. The average Bonchev–Trinajstić information content (AvgIpc) is 2.79. The number of nitrogens with zero attached hydrogens (tertiary/aromatic N) is 1.